The zero-order chi connectivity index (χ0) is 22.2. The van der Waals surface area contributed by atoms with E-state index in [2.05, 4.69) is 5.32 Å². The van der Waals surface area contributed by atoms with E-state index in [1.165, 1.54) is 17.4 Å². The fourth-order valence-electron chi connectivity index (χ4n) is 3.44. The van der Waals surface area contributed by atoms with Gasteiger partial charge in [-0.25, -0.2) is 4.79 Å². The summed E-state index contributed by atoms with van der Waals surface area (Å²) in [6.45, 7) is 4.68. The lowest BCUT2D eigenvalue weighted by molar-refractivity contribution is -0.112. The second kappa shape index (κ2) is 10.8. The lowest BCUT2D eigenvalue weighted by Gasteiger charge is -2.12. The van der Waals surface area contributed by atoms with Crippen molar-refractivity contribution in [2.24, 2.45) is 0 Å². The Morgan fingerprint density at radius 3 is 2.61 bits per heavy atom. The van der Waals surface area contributed by atoms with Crippen LogP contribution in [0.25, 0.3) is 6.08 Å². The van der Waals surface area contributed by atoms with Crippen LogP contribution in [0.2, 0.25) is 0 Å². The molecule has 1 aromatic carbocycles. The summed E-state index contributed by atoms with van der Waals surface area (Å²) >= 11 is 1.40. The van der Waals surface area contributed by atoms with Gasteiger partial charge in [-0.05, 0) is 68.4 Å². The van der Waals surface area contributed by atoms with Crippen molar-refractivity contribution in [2.75, 3.05) is 18.5 Å². The second-order valence-electron chi connectivity index (χ2n) is 7.18. The number of nitriles is 1. The quantitative estimate of drug-likeness (QED) is 0.350. The highest BCUT2D eigenvalue weighted by Gasteiger charge is 2.27. The maximum absolute atomic E-state index is 12.8. The third-order valence-electron chi connectivity index (χ3n) is 4.91. The molecule has 0 radical (unpaired) electrons. The summed E-state index contributed by atoms with van der Waals surface area (Å²) in [5.74, 6) is -0.231. The van der Waals surface area contributed by atoms with Gasteiger partial charge >= 0.3 is 5.97 Å². The highest BCUT2D eigenvalue weighted by atomic mass is 32.1. The number of hydrogen-bond donors (Lipinski definition) is 1. The van der Waals surface area contributed by atoms with E-state index in [0.29, 0.717) is 22.7 Å². The molecule has 31 heavy (non-hydrogen) atoms. The molecule has 0 fully saturated rings. The van der Waals surface area contributed by atoms with Gasteiger partial charge in [0.05, 0.1) is 18.8 Å². The minimum atomic E-state index is -0.544. The predicted octanol–water partition coefficient (Wildman–Crippen LogP) is 5.14. The molecule has 0 atom stereocenters. The molecule has 1 amide bonds. The molecule has 0 bridgehead atoms. The van der Waals surface area contributed by atoms with E-state index in [9.17, 15) is 14.9 Å². The fourth-order valence-corrected chi connectivity index (χ4v) is 4.71. The van der Waals surface area contributed by atoms with Gasteiger partial charge in [0.15, 0.2) is 0 Å². The fraction of sp³-hybridized carbons (Fsp3) is 0.375. The van der Waals surface area contributed by atoms with E-state index < -0.39 is 11.9 Å². The first-order valence-corrected chi connectivity index (χ1v) is 11.4. The zero-order valence-corrected chi connectivity index (χ0v) is 18.6. The molecule has 1 aliphatic carbocycles. The molecule has 1 heterocycles. The van der Waals surface area contributed by atoms with Gasteiger partial charge in [-0.1, -0.05) is 19.1 Å². The highest BCUT2D eigenvalue weighted by Crippen LogP contribution is 2.38. The number of nitrogens with zero attached hydrogens (tertiary/aromatic N) is 1. The van der Waals surface area contributed by atoms with Gasteiger partial charge in [0.25, 0.3) is 5.91 Å². The summed E-state index contributed by atoms with van der Waals surface area (Å²) in [6.07, 6.45) is 6.19. The van der Waals surface area contributed by atoms with Crippen molar-refractivity contribution in [1.82, 2.24) is 0 Å². The Morgan fingerprint density at radius 2 is 1.94 bits per heavy atom. The Morgan fingerprint density at radius 1 is 1.19 bits per heavy atom. The van der Waals surface area contributed by atoms with Crippen molar-refractivity contribution in [3.8, 4) is 11.8 Å². The molecule has 0 spiro atoms. The maximum Gasteiger partial charge on any atom is 0.341 e. The Labute approximate surface area is 186 Å². The summed E-state index contributed by atoms with van der Waals surface area (Å²) in [7, 11) is 0. The average Bonchev–Trinajstić information content (AvgIpc) is 3.14. The number of benzene rings is 1. The smallest absolute Gasteiger partial charge is 0.341 e. The van der Waals surface area contributed by atoms with Crippen molar-refractivity contribution < 1.29 is 19.1 Å². The topological polar surface area (TPSA) is 88.4 Å². The molecule has 0 saturated carbocycles. The SMILES string of the molecule is CCCOc1ccc(/C=C(\C#N)C(=O)Nc2sc3c(c2C(=O)OCC)CCCC3)cc1. The molecule has 162 valence electrons. The number of thiophene rings is 1. The number of esters is 1. The number of amides is 1. The molecule has 6 nitrogen and oxygen atoms in total. The first-order valence-electron chi connectivity index (χ1n) is 10.5. The van der Waals surface area contributed by atoms with Gasteiger partial charge < -0.3 is 14.8 Å². The van der Waals surface area contributed by atoms with Crippen molar-refractivity contribution >= 4 is 34.3 Å². The van der Waals surface area contributed by atoms with Crippen LogP contribution in [-0.2, 0) is 22.4 Å². The third kappa shape index (κ3) is 5.53. The molecule has 1 aromatic heterocycles. The van der Waals surface area contributed by atoms with Crippen LogP contribution >= 0.6 is 11.3 Å². The van der Waals surface area contributed by atoms with Gasteiger partial charge in [-0.2, -0.15) is 5.26 Å². The number of aryl methyl sites for hydroxylation is 1. The van der Waals surface area contributed by atoms with E-state index in [4.69, 9.17) is 9.47 Å². The van der Waals surface area contributed by atoms with E-state index in [1.54, 1.807) is 31.2 Å². The van der Waals surface area contributed by atoms with Crippen LogP contribution in [0.3, 0.4) is 0 Å². The van der Waals surface area contributed by atoms with Crippen molar-refractivity contribution in [3.05, 3.63) is 51.4 Å². The minimum absolute atomic E-state index is 0.0385. The Bertz CT molecular complexity index is 1020. The Hall–Kier alpha value is -3.11. The number of carbonyl (C=O) groups is 2. The lowest BCUT2D eigenvalue weighted by atomic mass is 9.95. The van der Waals surface area contributed by atoms with Crippen LogP contribution in [0.1, 0.15) is 59.5 Å². The molecule has 1 N–H and O–H groups in total. The molecule has 3 rings (SSSR count). The van der Waals surface area contributed by atoms with E-state index in [-0.39, 0.29) is 12.2 Å². The largest absolute Gasteiger partial charge is 0.494 e. The van der Waals surface area contributed by atoms with Gasteiger partial charge in [-0.3, -0.25) is 4.79 Å². The number of hydrogen-bond acceptors (Lipinski definition) is 6. The highest BCUT2D eigenvalue weighted by molar-refractivity contribution is 7.17. The van der Waals surface area contributed by atoms with Crippen LogP contribution in [0.5, 0.6) is 5.75 Å². The Kier molecular flexibility index (Phi) is 7.85. The van der Waals surface area contributed by atoms with Crippen LogP contribution in [-0.4, -0.2) is 25.1 Å². The first kappa shape index (κ1) is 22.6. The molecule has 0 unspecified atom stereocenters. The van der Waals surface area contributed by atoms with Crippen LogP contribution in [0, 0.1) is 11.3 Å². The number of fused-ring (bicyclic) bond motifs is 1. The van der Waals surface area contributed by atoms with Crippen LogP contribution in [0.15, 0.2) is 29.8 Å². The van der Waals surface area contributed by atoms with Crippen LogP contribution < -0.4 is 10.1 Å². The third-order valence-corrected chi connectivity index (χ3v) is 6.11. The van der Waals surface area contributed by atoms with Gasteiger partial charge in [-0.15, -0.1) is 11.3 Å². The summed E-state index contributed by atoms with van der Waals surface area (Å²) in [4.78, 5) is 26.5. The molecule has 2 aromatic rings. The predicted molar refractivity (Wildman–Crippen MR) is 121 cm³/mol. The first-order chi connectivity index (χ1) is 15.1. The number of nitrogens with one attached hydrogen (secondary N) is 1. The average molecular weight is 439 g/mol. The van der Waals surface area contributed by atoms with Gasteiger partial charge in [0.1, 0.15) is 22.4 Å². The maximum atomic E-state index is 12.8. The summed E-state index contributed by atoms with van der Waals surface area (Å²) < 4.78 is 10.8. The number of rotatable bonds is 8. The van der Waals surface area contributed by atoms with E-state index in [1.807, 2.05) is 13.0 Å². The minimum Gasteiger partial charge on any atom is -0.494 e. The normalized spacial score (nSPS) is 13.1. The summed E-state index contributed by atoms with van der Waals surface area (Å²) in [5.41, 5.74) is 2.08. The van der Waals surface area contributed by atoms with E-state index >= 15 is 0 Å². The molecule has 0 aliphatic heterocycles. The van der Waals surface area contributed by atoms with Crippen LogP contribution in [0.4, 0.5) is 5.00 Å². The van der Waals surface area contributed by atoms with Gasteiger partial charge in [0.2, 0.25) is 0 Å². The van der Waals surface area contributed by atoms with Gasteiger partial charge in [0, 0.05) is 4.88 Å². The summed E-state index contributed by atoms with van der Waals surface area (Å²) in [6, 6.07) is 9.16. The monoisotopic (exact) mass is 438 g/mol. The number of ether oxygens (including phenoxy) is 2. The second-order valence-corrected chi connectivity index (χ2v) is 8.28. The molecule has 0 saturated heterocycles. The van der Waals surface area contributed by atoms with Crippen molar-refractivity contribution in [3.63, 3.8) is 0 Å². The lowest BCUT2D eigenvalue weighted by Crippen LogP contribution is -2.16. The molecular formula is C24H26N2O4S. The summed E-state index contributed by atoms with van der Waals surface area (Å²) in [5, 5.41) is 12.8. The zero-order valence-electron chi connectivity index (χ0n) is 17.8. The number of carbonyl (C=O) groups excluding carboxylic acids is 2. The van der Waals surface area contributed by atoms with Crippen molar-refractivity contribution in [2.45, 2.75) is 46.0 Å². The Balaban J connectivity index is 1.82. The van der Waals surface area contributed by atoms with Crippen molar-refractivity contribution in [1.29, 1.82) is 5.26 Å². The number of anilines is 1. The standard InChI is InChI=1S/C24H26N2O4S/c1-3-13-30-18-11-9-16(10-12-18)14-17(15-25)22(27)26-23-21(24(28)29-4-2)19-7-5-6-8-20(19)31-23/h9-12,14H,3-8,13H2,1-2H3,(H,26,27)/b17-14+. The molecule has 1 aliphatic rings. The molecule has 7 heteroatoms. The van der Waals surface area contributed by atoms with E-state index in [0.717, 1.165) is 48.3 Å². The molecular weight excluding hydrogens is 412 g/mol.